The topological polar surface area (TPSA) is 86.8 Å². The minimum atomic E-state index is -4.11. The molecule has 0 aliphatic heterocycles. The Bertz CT molecular complexity index is 1380. The number of amides is 2. The van der Waals surface area contributed by atoms with Crippen molar-refractivity contribution in [2.45, 2.75) is 51.6 Å². The van der Waals surface area contributed by atoms with Crippen LogP contribution in [0.4, 0.5) is 5.69 Å². The Morgan fingerprint density at radius 3 is 2.16 bits per heavy atom. The maximum absolute atomic E-state index is 14.0. The number of sulfonamides is 1. The molecule has 0 unspecified atom stereocenters. The zero-order valence-corrected chi connectivity index (χ0v) is 23.7. The molecule has 3 aromatic carbocycles. The first kappa shape index (κ1) is 29.2. The van der Waals surface area contributed by atoms with Gasteiger partial charge >= 0.3 is 0 Å². The minimum Gasteiger partial charge on any atom is -0.355 e. The lowest BCUT2D eigenvalue weighted by molar-refractivity contribution is -0.140. The fourth-order valence-electron chi connectivity index (χ4n) is 4.22. The van der Waals surface area contributed by atoms with Crippen LogP contribution in [0.5, 0.6) is 0 Å². The van der Waals surface area contributed by atoms with E-state index in [1.807, 2.05) is 19.9 Å². The molecule has 2 amide bonds. The molecule has 0 bridgehead atoms. The normalized spacial score (nSPS) is 12.0. The number of likely N-dealkylation sites (N-methyl/N-ethyl adjacent to an activating group) is 1. The SMILES string of the molecule is CCNC(=O)[C@H](CC)N(Cc1ccccc1Cl)C(=O)CN(c1ccccc1C)S(=O)(=O)c1ccc(C)cc1. The van der Waals surface area contributed by atoms with Crippen molar-refractivity contribution in [3.8, 4) is 0 Å². The number of anilines is 1. The summed E-state index contributed by atoms with van der Waals surface area (Å²) in [6.45, 7) is 7.26. The van der Waals surface area contributed by atoms with Crippen molar-refractivity contribution in [3.63, 3.8) is 0 Å². The van der Waals surface area contributed by atoms with Gasteiger partial charge in [0.05, 0.1) is 10.6 Å². The molecule has 0 aromatic heterocycles. The number of hydrogen-bond acceptors (Lipinski definition) is 4. The van der Waals surface area contributed by atoms with E-state index in [-0.39, 0.29) is 17.3 Å². The third kappa shape index (κ3) is 6.74. The van der Waals surface area contributed by atoms with Crippen LogP contribution in [-0.2, 0) is 26.2 Å². The van der Waals surface area contributed by atoms with E-state index in [2.05, 4.69) is 5.32 Å². The number of hydrogen-bond donors (Lipinski definition) is 1. The summed E-state index contributed by atoms with van der Waals surface area (Å²) in [5.74, 6) is -0.818. The number of nitrogens with one attached hydrogen (secondary N) is 1. The molecule has 202 valence electrons. The summed E-state index contributed by atoms with van der Waals surface area (Å²) in [5, 5.41) is 3.25. The van der Waals surface area contributed by atoms with Gasteiger partial charge in [0.25, 0.3) is 10.0 Å². The van der Waals surface area contributed by atoms with Gasteiger partial charge < -0.3 is 10.2 Å². The van der Waals surface area contributed by atoms with E-state index in [0.29, 0.717) is 34.8 Å². The highest BCUT2D eigenvalue weighted by Gasteiger charge is 2.34. The van der Waals surface area contributed by atoms with Gasteiger partial charge in [-0.25, -0.2) is 8.42 Å². The molecule has 3 aromatic rings. The average Bonchev–Trinajstić information content (AvgIpc) is 2.89. The van der Waals surface area contributed by atoms with Crippen LogP contribution in [0.25, 0.3) is 0 Å². The number of benzene rings is 3. The van der Waals surface area contributed by atoms with Gasteiger partial charge in [0.1, 0.15) is 12.6 Å². The number of aryl methyl sites for hydroxylation is 2. The van der Waals surface area contributed by atoms with Crippen molar-refractivity contribution >= 4 is 39.1 Å². The van der Waals surface area contributed by atoms with E-state index in [4.69, 9.17) is 11.6 Å². The van der Waals surface area contributed by atoms with Crippen LogP contribution in [0.1, 0.15) is 37.0 Å². The molecule has 7 nitrogen and oxygen atoms in total. The molecule has 9 heteroatoms. The number of para-hydroxylation sites is 1. The molecule has 0 radical (unpaired) electrons. The van der Waals surface area contributed by atoms with Gasteiger partial charge in [-0.2, -0.15) is 0 Å². The molecule has 1 N–H and O–H groups in total. The Hall–Kier alpha value is -3.36. The first-order chi connectivity index (χ1) is 18.1. The van der Waals surface area contributed by atoms with Crippen molar-refractivity contribution in [1.29, 1.82) is 0 Å². The Balaban J connectivity index is 2.08. The summed E-state index contributed by atoms with van der Waals surface area (Å²) in [5.41, 5.74) is 2.67. The number of nitrogens with zero attached hydrogens (tertiary/aromatic N) is 2. The van der Waals surface area contributed by atoms with Crippen molar-refractivity contribution < 1.29 is 18.0 Å². The lowest BCUT2D eigenvalue weighted by Crippen LogP contribution is -2.52. The Kier molecular flexibility index (Phi) is 9.94. The number of carbonyl (C=O) groups excluding carboxylic acids is 2. The first-order valence-corrected chi connectivity index (χ1v) is 14.4. The lowest BCUT2D eigenvalue weighted by atomic mass is 10.1. The van der Waals surface area contributed by atoms with Gasteiger partial charge in [0.15, 0.2) is 0 Å². The zero-order chi connectivity index (χ0) is 27.9. The second-order valence-corrected chi connectivity index (χ2v) is 11.3. The predicted molar refractivity (Wildman–Crippen MR) is 152 cm³/mol. The maximum Gasteiger partial charge on any atom is 0.264 e. The third-order valence-corrected chi connectivity index (χ3v) is 8.45. The van der Waals surface area contributed by atoms with Crippen LogP contribution in [0.15, 0.2) is 77.7 Å². The van der Waals surface area contributed by atoms with Crippen molar-refractivity contribution in [1.82, 2.24) is 10.2 Å². The van der Waals surface area contributed by atoms with Crippen LogP contribution in [0, 0.1) is 13.8 Å². The fourth-order valence-corrected chi connectivity index (χ4v) is 5.89. The molecular formula is C29H34ClN3O4S. The molecule has 0 heterocycles. The lowest BCUT2D eigenvalue weighted by Gasteiger charge is -2.33. The van der Waals surface area contributed by atoms with Crippen LogP contribution in [0.2, 0.25) is 5.02 Å². The van der Waals surface area contributed by atoms with Crippen LogP contribution in [-0.4, -0.2) is 44.3 Å². The van der Waals surface area contributed by atoms with Crippen LogP contribution < -0.4 is 9.62 Å². The molecule has 0 aliphatic rings. The van der Waals surface area contributed by atoms with Gasteiger partial charge in [0.2, 0.25) is 11.8 Å². The molecule has 38 heavy (non-hydrogen) atoms. The van der Waals surface area contributed by atoms with Gasteiger partial charge in [0, 0.05) is 18.1 Å². The number of carbonyl (C=O) groups is 2. The highest BCUT2D eigenvalue weighted by molar-refractivity contribution is 7.92. The molecular weight excluding hydrogens is 522 g/mol. The van der Waals surface area contributed by atoms with Crippen molar-refractivity contribution in [2.24, 2.45) is 0 Å². The number of rotatable bonds is 11. The summed E-state index contributed by atoms with van der Waals surface area (Å²) >= 11 is 6.40. The van der Waals surface area contributed by atoms with Gasteiger partial charge in [-0.3, -0.25) is 13.9 Å². The van der Waals surface area contributed by atoms with Crippen molar-refractivity contribution in [2.75, 3.05) is 17.4 Å². The number of halogens is 1. The summed E-state index contributed by atoms with van der Waals surface area (Å²) in [7, 11) is -4.11. The highest BCUT2D eigenvalue weighted by Crippen LogP contribution is 2.28. The van der Waals surface area contributed by atoms with E-state index >= 15 is 0 Å². The molecule has 0 aliphatic carbocycles. The molecule has 0 fully saturated rings. The quantitative estimate of drug-likeness (QED) is 0.357. The van der Waals surface area contributed by atoms with Gasteiger partial charge in [-0.1, -0.05) is 72.6 Å². The first-order valence-electron chi connectivity index (χ1n) is 12.6. The smallest absolute Gasteiger partial charge is 0.264 e. The summed E-state index contributed by atoms with van der Waals surface area (Å²) in [6.07, 6.45) is 0.344. The Morgan fingerprint density at radius 2 is 1.55 bits per heavy atom. The minimum absolute atomic E-state index is 0.0559. The van der Waals surface area contributed by atoms with Gasteiger partial charge in [-0.15, -0.1) is 0 Å². The monoisotopic (exact) mass is 555 g/mol. The fraction of sp³-hybridized carbons (Fsp3) is 0.310. The third-order valence-electron chi connectivity index (χ3n) is 6.31. The predicted octanol–water partition coefficient (Wildman–Crippen LogP) is 5.10. The largest absolute Gasteiger partial charge is 0.355 e. The van der Waals surface area contributed by atoms with Crippen LogP contribution >= 0.6 is 11.6 Å². The summed E-state index contributed by atoms with van der Waals surface area (Å²) in [6, 6.07) is 19.8. The van der Waals surface area contributed by atoms with Gasteiger partial charge in [-0.05, 0) is 62.6 Å². The van der Waals surface area contributed by atoms with Crippen molar-refractivity contribution in [3.05, 3.63) is 94.5 Å². The van der Waals surface area contributed by atoms with E-state index < -0.39 is 28.5 Å². The van der Waals surface area contributed by atoms with E-state index in [1.165, 1.54) is 17.0 Å². The zero-order valence-electron chi connectivity index (χ0n) is 22.1. The molecule has 1 atom stereocenters. The molecule has 3 rings (SSSR count). The summed E-state index contributed by atoms with van der Waals surface area (Å²) < 4.78 is 28.9. The molecule has 0 saturated carbocycles. The molecule has 0 saturated heterocycles. The standard InChI is InChI=1S/C29H34ClN3O4S/c1-5-26(29(35)31-6-2)32(19-23-12-8-9-13-25(23)30)28(34)20-33(27-14-10-7-11-22(27)4)38(36,37)24-17-15-21(3)16-18-24/h7-18,26H,5-6,19-20H2,1-4H3,(H,31,35)/t26-/m0/s1. The van der Waals surface area contributed by atoms with E-state index in [9.17, 15) is 18.0 Å². The Morgan fingerprint density at radius 1 is 0.921 bits per heavy atom. The van der Waals surface area contributed by atoms with E-state index in [1.54, 1.807) is 68.4 Å². The average molecular weight is 556 g/mol. The highest BCUT2D eigenvalue weighted by atomic mass is 35.5. The Labute approximate surface area is 230 Å². The maximum atomic E-state index is 14.0. The second-order valence-electron chi connectivity index (χ2n) is 9.04. The van der Waals surface area contributed by atoms with E-state index in [0.717, 1.165) is 9.87 Å². The second kappa shape index (κ2) is 12.9. The van der Waals surface area contributed by atoms with Crippen LogP contribution in [0.3, 0.4) is 0 Å². The molecule has 0 spiro atoms. The summed E-state index contributed by atoms with van der Waals surface area (Å²) in [4.78, 5) is 28.5.